The highest BCUT2D eigenvalue weighted by Crippen LogP contribution is 2.37. The van der Waals surface area contributed by atoms with E-state index >= 15 is 0 Å². The van der Waals surface area contributed by atoms with Crippen LogP contribution in [0, 0.1) is 6.92 Å². The lowest BCUT2D eigenvalue weighted by atomic mass is 10.1. The second-order valence-corrected chi connectivity index (χ2v) is 8.67. The first-order valence-corrected chi connectivity index (χ1v) is 11.0. The Kier molecular flexibility index (Phi) is 7.54. The summed E-state index contributed by atoms with van der Waals surface area (Å²) in [4.78, 5) is 37.9. The van der Waals surface area contributed by atoms with Crippen LogP contribution in [0.2, 0.25) is 10.0 Å². The minimum absolute atomic E-state index is 0.00885. The second-order valence-electron chi connectivity index (χ2n) is 6.83. The van der Waals surface area contributed by atoms with Crippen molar-refractivity contribution in [1.82, 2.24) is 0 Å². The first-order chi connectivity index (χ1) is 15.9. The molecule has 34 heavy (non-hydrogen) atoms. The second kappa shape index (κ2) is 10.0. The van der Waals surface area contributed by atoms with E-state index < -0.39 is 29.5 Å². The van der Waals surface area contributed by atoms with E-state index in [1.165, 1.54) is 19.1 Å². The van der Waals surface area contributed by atoms with Crippen molar-refractivity contribution < 1.29 is 32.3 Å². The van der Waals surface area contributed by atoms with Crippen LogP contribution in [0.15, 0.2) is 42.5 Å². The monoisotopic (exact) mass is 530 g/mol. The summed E-state index contributed by atoms with van der Waals surface area (Å²) in [7, 11) is 1.13. The van der Waals surface area contributed by atoms with Gasteiger partial charge in [-0.3, -0.25) is 9.59 Å². The number of methoxy groups -OCH3 is 1. The standard InChI is InChI=1S/C22H15Cl2F3N2O4S/c1-10-16(21(32)33-2)20(29-18(30)12-5-3-4-6-13(12)23)34-17(10)19(31)28-15-9-11(22(25,26)27)7-8-14(15)24/h3-9H,1-2H3,(H,28,31)(H,29,30). The van der Waals surface area contributed by atoms with Crippen molar-refractivity contribution in [2.45, 2.75) is 13.1 Å². The first kappa shape index (κ1) is 25.5. The number of rotatable bonds is 5. The molecule has 2 aromatic carbocycles. The summed E-state index contributed by atoms with van der Waals surface area (Å²) >= 11 is 12.8. The fraction of sp³-hybridized carbons (Fsp3) is 0.136. The number of carbonyl (C=O) groups is 3. The maximum atomic E-state index is 13.0. The molecule has 0 aliphatic carbocycles. The number of alkyl halides is 3. The van der Waals surface area contributed by atoms with Crippen LogP contribution in [0.4, 0.5) is 23.9 Å². The van der Waals surface area contributed by atoms with Crippen LogP contribution in [-0.2, 0) is 10.9 Å². The lowest BCUT2D eigenvalue weighted by molar-refractivity contribution is -0.137. The van der Waals surface area contributed by atoms with Crippen molar-refractivity contribution in [2.75, 3.05) is 17.7 Å². The zero-order valence-electron chi connectivity index (χ0n) is 17.5. The highest BCUT2D eigenvalue weighted by Gasteiger charge is 2.32. The van der Waals surface area contributed by atoms with Crippen molar-refractivity contribution in [1.29, 1.82) is 0 Å². The molecule has 178 valence electrons. The average Bonchev–Trinajstić information content (AvgIpc) is 3.09. The Balaban J connectivity index is 1.97. The molecule has 0 aliphatic heterocycles. The van der Waals surface area contributed by atoms with Crippen molar-refractivity contribution >= 4 is 63.0 Å². The van der Waals surface area contributed by atoms with Crippen molar-refractivity contribution in [3.05, 3.63) is 79.6 Å². The van der Waals surface area contributed by atoms with Gasteiger partial charge >= 0.3 is 12.1 Å². The molecule has 6 nitrogen and oxygen atoms in total. The average molecular weight is 531 g/mol. The number of anilines is 2. The Morgan fingerprint density at radius 1 is 0.971 bits per heavy atom. The number of thiophene rings is 1. The van der Waals surface area contributed by atoms with Crippen LogP contribution in [0.25, 0.3) is 0 Å². The number of halogens is 5. The summed E-state index contributed by atoms with van der Waals surface area (Å²) in [5.41, 5.74) is -1.05. The number of hydrogen-bond donors (Lipinski definition) is 2. The maximum Gasteiger partial charge on any atom is 0.416 e. The molecule has 0 unspecified atom stereocenters. The van der Waals surface area contributed by atoms with Gasteiger partial charge in [-0.2, -0.15) is 13.2 Å². The number of carbonyl (C=O) groups excluding carboxylic acids is 3. The van der Waals surface area contributed by atoms with Crippen molar-refractivity contribution in [3.63, 3.8) is 0 Å². The number of nitrogens with one attached hydrogen (secondary N) is 2. The fourth-order valence-corrected chi connectivity index (χ4v) is 4.43. The highest BCUT2D eigenvalue weighted by molar-refractivity contribution is 7.19. The maximum absolute atomic E-state index is 13.0. The quantitative estimate of drug-likeness (QED) is 0.360. The lowest BCUT2D eigenvalue weighted by Gasteiger charge is -2.11. The van der Waals surface area contributed by atoms with Gasteiger partial charge in [0.15, 0.2) is 0 Å². The molecule has 0 saturated carbocycles. The lowest BCUT2D eigenvalue weighted by Crippen LogP contribution is -2.15. The Bertz CT molecular complexity index is 1290. The topological polar surface area (TPSA) is 84.5 Å². The Morgan fingerprint density at radius 2 is 1.65 bits per heavy atom. The summed E-state index contributed by atoms with van der Waals surface area (Å²) in [5, 5.41) is 4.93. The molecule has 0 spiro atoms. The molecule has 0 radical (unpaired) electrons. The Labute approximate surface area is 205 Å². The molecule has 1 aromatic heterocycles. The Hall–Kier alpha value is -3.08. The first-order valence-electron chi connectivity index (χ1n) is 9.39. The molecule has 0 saturated heterocycles. The molecule has 12 heteroatoms. The minimum atomic E-state index is -4.64. The van der Waals surface area contributed by atoms with Gasteiger partial charge in [-0.15, -0.1) is 11.3 Å². The largest absolute Gasteiger partial charge is 0.465 e. The predicted octanol–water partition coefficient (Wildman–Crippen LogP) is 6.67. The summed E-state index contributed by atoms with van der Waals surface area (Å²) in [6.45, 7) is 1.44. The van der Waals surface area contributed by atoms with E-state index in [0.717, 1.165) is 30.6 Å². The van der Waals surface area contributed by atoms with E-state index in [4.69, 9.17) is 27.9 Å². The normalized spacial score (nSPS) is 11.1. The van der Waals surface area contributed by atoms with Gasteiger partial charge in [0, 0.05) is 0 Å². The number of esters is 1. The van der Waals surface area contributed by atoms with Gasteiger partial charge in [0.2, 0.25) is 0 Å². The zero-order chi connectivity index (χ0) is 25.2. The molecule has 0 bridgehead atoms. The zero-order valence-corrected chi connectivity index (χ0v) is 19.8. The predicted molar refractivity (Wildman–Crippen MR) is 124 cm³/mol. The molecular formula is C22H15Cl2F3N2O4S. The molecule has 0 aliphatic rings. The van der Waals surface area contributed by atoms with Crippen LogP contribution in [0.1, 0.15) is 41.5 Å². The van der Waals surface area contributed by atoms with Crippen molar-refractivity contribution in [2.24, 2.45) is 0 Å². The Morgan fingerprint density at radius 3 is 2.26 bits per heavy atom. The third kappa shape index (κ3) is 5.35. The summed E-state index contributed by atoms with van der Waals surface area (Å²) in [6.07, 6.45) is -4.64. The van der Waals surface area contributed by atoms with Gasteiger partial charge in [-0.1, -0.05) is 35.3 Å². The summed E-state index contributed by atoms with van der Waals surface area (Å²) < 4.78 is 43.9. The fourth-order valence-electron chi connectivity index (χ4n) is 2.96. The molecule has 2 N–H and O–H groups in total. The van der Waals surface area contributed by atoms with Gasteiger partial charge in [-0.25, -0.2) is 4.79 Å². The van der Waals surface area contributed by atoms with E-state index in [1.807, 2.05) is 0 Å². The minimum Gasteiger partial charge on any atom is -0.465 e. The smallest absolute Gasteiger partial charge is 0.416 e. The molecular weight excluding hydrogens is 516 g/mol. The SMILES string of the molecule is COC(=O)c1c(NC(=O)c2ccccc2Cl)sc(C(=O)Nc2cc(C(F)(F)F)ccc2Cl)c1C. The molecule has 3 aromatic rings. The number of benzene rings is 2. The summed E-state index contributed by atoms with van der Waals surface area (Å²) in [6, 6.07) is 8.70. The van der Waals surface area contributed by atoms with E-state index in [9.17, 15) is 27.6 Å². The van der Waals surface area contributed by atoms with Crippen LogP contribution in [-0.4, -0.2) is 24.9 Å². The molecule has 1 heterocycles. The van der Waals surface area contributed by atoms with Crippen molar-refractivity contribution in [3.8, 4) is 0 Å². The molecule has 3 rings (SSSR count). The number of hydrogen-bond acceptors (Lipinski definition) is 5. The molecule has 0 fully saturated rings. The van der Waals surface area contributed by atoms with Gasteiger partial charge < -0.3 is 15.4 Å². The van der Waals surface area contributed by atoms with Gasteiger partial charge in [-0.05, 0) is 42.8 Å². The van der Waals surface area contributed by atoms with Crippen LogP contribution in [0.3, 0.4) is 0 Å². The molecule has 2 amide bonds. The van der Waals surface area contributed by atoms with E-state index in [1.54, 1.807) is 12.1 Å². The van der Waals surface area contributed by atoms with Gasteiger partial charge in [0.1, 0.15) is 5.00 Å². The van der Waals surface area contributed by atoms with E-state index in [2.05, 4.69) is 10.6 Å². The van der Waals surface area contributed by atoms with E-state index in [0.29, 0.717) is 6.07 Å². The number of ether oxygens (including phenoxy) is 1. The van der Waals surface area contributed by atoms with E-state index in [-0.39, 0.29) is 42.3 Å². The van der Waals surface area contributed by atoms with Gasteiger partial charge in [0.05, 0.1) is 44.4 Å². The van der Waals surface area contributed by atoms with Gasteiger partial charge in [0.25, 0.3) is 11.8 Å². The highest BCUT2D eigenvalue weighted by atomic mass is 35.5. The summed E-state index contributed by atoms with van der Waals surface area (Å²) in [5.74, 6) is -2.28. The number of amides is 2. The van der Waals surface area contributed by atoms with Crippen LogP contribution < -0.4 is 10.6 Å². The third-order valence-electron chi connectivity index (χ3n) is 4.63. The molecule has 0 atom stereocenters. The van der Waals surface area contributed by atoms with Crippen LogP contribution >= 0.6 is 34.5 Å². The van der Waals surface area contributed by atoms with Crippen LogP contribution in [0.5, 0.6) is 0 Å². The third-order valence-corrected chi connectivity index (χ3v) is 6.50.